The SMILES string of the molecule is CC(N)(CO)CCc1ccc(/C=C/CCCCC2CCCCC2)s1. The maximum absolute atomic E-state index is 9.21. The fraction of sp³-hybridized carbons (Fsp3) is 0.714. The molecule has 0 radical (unpaired) electrons. The monoisotopic (exact) mass is 349 g/mol. The summed E-state index contributed by atoms with van der Waals surface area (Å²) >= 11 is 1.85. The first-order valence-corrected chi connectivity index (χ1v) is 10.6. The van der Waals surface area contributed by atoms with Gasteiger partial charge in [0.2, 0.25) is 0 Å². The van der Waals surface area contributed by atoms with Crippen molar-refractivity contribution in [2.45, 2.75) is 83.1 Å². The zero-order chi connectivity index (χ0) is 17.3. The molecule has 0 bridgehead atoms. The Hall–Kier alpha value is -0.640. The topological polar surface area (TPSA) is 46.2 Å². The van der Waals surface area contributed by atoms with Gasteiger partial charge in [-0.25, -0.2) is 0 Å². The molecule has 1 aliphatic rings. The van der Waals surface area contributed by atoms with Crippen molar-refractivity contribution >= 4 is 17.4 Å². The van der Waals surface area contributed by atoms with Crippen LogP contribution in [-0.2, 0) is 6.42 Å². The number of aryl methyl sites for hydroxylation is 1. The van der Waals surface area contributed by atoms with Gasteiger partial charge < -0.3 is 10.8 Å². The Kier molecular flexibility index (Phi) is 8.51. The Balaban J connectivity index is 1.60. The number of allylic oxidation sites excluding steroid dienone is 1. The Morgan fingerprint density at radius 1 is 1.25 bits per heavy atom. The molecule has 0 aliphatic heterocycles. The first-order chi connectivity index (χ1) is 11.6. The van der Waals surface area contributed by atoms with Crippen molar-refractivity contribution in [1.29, 1.82) is 0 Å². The number of aliphatic hydroxyl groups is 1. The molecule has 2 rings (SSSR count). The maximum atomic E-state index is 9.21. The van der Waals surface area contributed by atoms with Crippen LogP contribution < -0.4 is 5.73 Å². The lowest BCUT2D eigenvalue weighted by Crippen LogP contribution is -2.40. The molecule has 136 valence electrons. The molecule has 1 aromatic heterocycles. The van der Waals surface area contributed by atoms with Crippen LogP contribution in [0.3, 0.4) is 0 Å². The number of nitrogens with two attached hydrogens (primary N) is 1. The third-order valence-electron chi connectivity index (χ3n) is 5.23. The Morgan fingerprint density at radius 2 is 2.04 bits per heavy atom. The molecule has 24 heavy (non-hydrogen) atoms. The average molecular weight is 350 g/mol. The Morgan fingerprint density at radius 3 is 2.79 bits per heavy atom. The van der Waals surface area contributed by atoms with Crippen LogP contribution in [-0.4, -0.2) is 17.3 Å². The number of unbranched alkanes of at least 4 members (excludes halogenated alkanes) is 2. The van der Waals surface area contributed by atoms with Crippen molar-refractivity contribution in [2.75, 3.05) is 6.61 Å². The van der Waals surface area contributed by atoms with E-state index in [9.17, 15) is 5.11 Å². The number of thiophene rings is 1. The molecule has 1 heterocycles. The lowest BCUT2D eigenvalue weighted by Gasteiger charge is -2.21. The minimum atomic E-state index is -0.460. The van der Waals surface area contributed by atoms with Crippen LogP contribution in [0.2, 0.25) is 0 Å². The third-order valence-corrected chi connectivity index (χ3v) is 6.34. The summed E-state index contributed by atoms with van der Waals surface area (Å²) in [5.74, 6) is 1.02. The predicted molar refractivity (Wildman–Crippen MR) is 106 cm³/mol. The third kappa shape index (κ3) is 7.50. The van der Waals surface area contributed by atoms with Crippen molar-refractivity contribution in [1.82, 2.24) is 0 Å². The Bertz CT molecular complexity index is 486. The molecule has 3 heteroatoms. The van der Waals surface area contributed by atoms with Gasteiger partial charge in [-0.05, 0) is 56.7 Å². The van der Waals surface area contributed by atoms with E-state index in [0.29, 0.717) is 0 Å². The van der Waals surface area contributed by atoms with E-state index in [1.54, 1.807) is 0 Å². The fourth-order valence-corrected chi connectivity index (χ4v) is 4.42. The molecule has 1 aromatic rings. The first kappa shape index (κ1) is 19.7. The molecular formula is C21H35NOS. The van der Waals surface area contributed by atoms with E-state index >= 15 is 0 Å². The second-order valence-corrected chi connectivity index (χ2v) is 9.01. The highest BCUT2D eigenvalue weighted by molar-refractivity contribution is 7.12. The van der Waals surface area contributed by atoms with Crippen molar-refractivity contribution in [2.24, 2.45) is 11.7 Å². The van der Waals surface area contributed by atoms with Crippen molar-refractivity contribution in [3.8, 4) is 0 Å². The van der Waals surface area contributed by atoms with Crippen LogP contribution in [0.15, 0.2) is 18.2 Å². The lowest BCUT2D eigenvalue weighted by molar-refractivity contribution is 0.201. The largest absolute Gasteiger partial charge is 0.394 e. The highest BCUT2D eigenvalue weighted by atomic mass is 32.1. The highest BCUT2D eigenvalue weighted by Crippen LogP contribution is 2.28. The van der Waals surface area contributed by atoms with Gasteiger partial charge in [-0.3, -0.25) is 0 Å². The molecule has 1 saturated carbocycles. The lowest BCUT2D eigenvalue weighted by atomic mass is 9.85. The van der Waals surface area contributed by atoms with Gasteiger partial charge in [0.1, 0.15) is 0 Å². The molecule has 0 aromatic carbocycles. The quantitative estimate of drug-likeness (QED) is 0.544. The predicted octanol–water partition coefficient (Wildman–Crippen LogP) is 5.54. The summed E-state index contributed by atoms with van der Waals surface area (Å²) in [6.07, 6.45) is 19.1. The Labute approximate surface area is 152 Å². The van der Waals surface area contributed by atoms with Gasteiger partial charge >= 0.3 is 0 Å². The molecule has 1 unspecified atom stereocenters. The van der Waals surface area contributed by atoms with Crippen LogP contribution in [0.1, 0.15) is 80.9 Å². The molecular weight excluding hydrogens is 314 g/mol. The van der Waals surface area contributed by atoms with Crippen molar-refractivity contribution < 1.29 is 5.11 Å². The summed E-state index contributed by atoms with van der Waals surface area (Å²) < 4.78 is 0. The van der Waals surface area contributed by atoms with Gasteiger partial charge in [0.25, 0.3) is 0 Å². The number of aliphatic hydroxyl groups excluding tert-OH is 1. The highest BCUT2D eigenvalue weighted by Gasteiger charge is 2.16. The van der Waals surface area contributed by atoms with Gasteiger partial charge in [-0.15, -0.1) is 11.3 Å². The second-order valence-electron chi connectivity index (χ2n) is 7.81. The number of hydrogen-bond donors (Lipinski definition) is 2. The molecule has 1 fully saturated rings. The van der Waals surface area contributed by atoms with E-state index in [0.717, 1.165) is 18.8 Å². The van der Waals surface area contributed by atoms with E-state index in [-0.39, 0.29) is 6.61 Å². The van der Waals surface area contributed by atoms with Crippen LogP contribution in [0.25, 0.3) is 6.08 Å². The van der Waals surface area contributed by atoms with E-state index in [1.165, 1.54) is 67.5 Å². The maximum Gasteiger partial charge on any atom is 0.0608 e. The second kappa shape index (κ2) is 10.4. The molecule has 1 atom stereocenters. The van der Waals surface area contributed by atoms with Gasteiger partial charge in [-0.1, -0.05) is 51.0 Å². The minimum Gasteiger partial charge on any atom is -0.394 e. The summed E-state index contributed by atoms with van der Waals surface area (Å²) in [4.78, 5) is 2.69. The van der Waals surface area contributed by atoms with Crippen molar-refractivity contribution in [3.63, 3.8) is 0 Å². The summed E-state index contributed by atoms with van der Waals surface area (Å²) in [5, 5.41) is 9.21. The van der Waals surface area contributed by atoms with Crippen LogP contribution >= 0.6 is 11.3 Å². The standard InChI is InChI=1S/C21H35NOS/c1-21(22,17-23)16-15-20-14-13-19(24-20)12-8-3-2-5-9-18-10-6-4-7-11-18/h8,12-14,18,23H,2-7,9-11,15-17,22H2,1H3/b12-8+. The molecule has 2 nitrogen and oxygen atoms in total. The summed E-state index contributed by atoms with van der Waals surface area (Å²) in [7, 11) is 0. The molecule has 1 aliphatic carbocycles. The number of hydrogen-bond acceptors (Lipinski definition) is 3. The zero-order valence-electron chi connectivity index (χ0n) is 15.3. The summed E-state index contributed by atoms with van der Waals surface area (Å²) in [6.45, 7) is 1.96. The van der Waals surface area contributed by atoms with E-state index in [2.05, 4.69) is 24.3 Å². The summed E-state index contributed by atoms with van der Waals surface area (Å²) in [6, 6.07) is 4.40. The van der Waals surface area contributed by atoms with E-state index in [4.69, 9.17) is 5.73 Å². The molecule has 0 saturated heterocycles. The average Bonchev–Trinajstić information content (AvgIpc) is 3.05. The van der Waals surface area contributed by atoms with Crippen LogP contribution in [0.5, 0.6) is 0 Å². The zero-order valence-corrected chi connectivity index (χ0v) is 16.1. The fourth-order valence-electron chi connectivity index (χ4n) is 3.48. The van der Waals surface area contributed by atoms with Crippen LogP contribution in [0.4, 0.5) is 0 Å². The van der Waals surface area contributed by atoms with Gasteiger partial charge in [0.05, 0.1) is 6.61 Å². The van der Waals surface area contributed by atoms with Gasteiger partial charge in [0, 0.05) is 15.3 Å². The van der Waals surface area contributed by atoms with E-state index < -0.39 is 5.54 Å². The van der Waals surface area contributed by atoms with Crippen LogP contribution in [0, 0.1) is 5.92 Å². The normalized spacial score (nSPS) is 19.0. The molecule has 0 amide bonds. The molecule has 0 spiro atoms. The summed E-state index contributed by atoms with van der Waals surface area (Å²) in [5.41, 5.74) is 5.53. The molecule has 3 N–H and O–H groups in total. The smallest absolute Gasteiger partial charge is 0.0608 e. The van der Waals surface area contributed by atoms with E-state index in [1.807, 2.05) is 18.3 Å². The minimum absolute atomic E-state index is 0.0476. The van der Waals surface area contributed by atoms with Gasteiger partial charge in [-0.2, -0.15) is 0 Å². The first-order valence-electron chi connectivity index (χ1n) is 9.74. The number of rotatable bonds is 10. The van der Waals surface area contributed by atoms with Gasteiger partial charge in [0.15, 0.2) is 0 Å². The van der Waals surface area contributed by atoms with Crippen molar-refractivity contribution in [3.05, 3.63) is 28.0 Å².